The number of nitrogens with zero attached hydrogens (tertiary/aromatic N) is 2. The highest BCUT2D eigenvalue weighted by atomic mass is 79.9. The molecule has 0 saturated carbocycles. The third kappa shape index (κ3) is 2.41. The average molecular weight is 341 g/mol. The SMILES string of the molecule is Brc1ccc(CN2C[C@@H]3CN4CCCC[C@@H]4[C@@H]3C2)s1. The van der Waals surface area contributed by atoms with E-state index in [-0.39, 0.29) is 0 Å². The lowest BCUT2D eigenvalue weighted by Gasteiger charge is -2.33. The first kappa shape index (κ1) is 12.8. The van der Waals surface area contributed by atoms with Crippen LogP contribution < -0.4 is 0 Å². The molecular weight excluding hydrogens is 320 g/mol. The van der Waals surface area contributed by atoms with Crippen molar-refractivity contribution in [2.75, 3.05) is 26.2 Å². The molecule has 104 valence electrons. The Balaban J connectivity index is 1.41. The van der Waals surface area contributed by atoms with Crippen molar-refractivity contribution in [2.24, 2.45) is 11.8 Å². The molecule has 3 aliphatic rings. The first-order chi connectivity index (χ1) is 9.29. The Hall–Kier alpha value is 0.1000. The fourth-order valence-corrected chi connectivity index (χ4v) is 5.96. The zero-order chi connectivity index (χ0) is 12.8. The second-order valence-corrected chi connectivity index (χ2v) is 8.93. The summed E-state index contributed by atoms with van der Waals surface area (Å²) >= 11 is 5.46. The number of hydrogen-bond donors (Lipinski definition) is 0. The Bertz CT molecular complexity index is 461. The van der Waals surface area contributed by atoms with Crippen LogP contribution in [0.25, 0.3) is 0 Å². The van der Waals surface area contributed by atoms with Gasteiger partial charge in [0.2, 0.25) is 0 Å². The van der Waals surface area contributed by atoms with Gasteiger partial charge in [0.05, 0.1) is 3.79 Å². The van der Waals surface area contributed by atoms with Crippen LogP contribution in [0.4, 0.5) is 0 Å². The van der Waals surface area contributed by atoms with Crippen molar-refractivity contribution in [2.45, 2.75) is 31.8 Å². The highest BCUT2D eigenvalue weighted by Gasteiger charge is 2.46. The van der Waals surface area contributed by atoms with E-state index >= 15 is 0 Å². The van der Waals surface area contributed by atoms with Gasteiger partial charge in [0.25, 0.3) is 0 Å². The van der Waals surface area contributed by atoms with Crippen molar-refractivity contribution in [1.29, 1.82) is 0 Å². The number of piperidine rings is 1. The maximum atomic E-state index is 3.57. The Morgan fingerprint density at radius 1 is 1.21 bits per heavy atom. The van der Waals surface area contributed by atoms with Gasteiger partial charge in [0.15, 0.2) is 0 Å². The van der Waals surface area contributed by atoms with Gasteiger partial charge in [0, 0.05) is 37.1 Å². The van der Waals surface area contributed by atoms with Crippen LogP contribution >= 0.6 is 27.3 Å². The first-order valence-corrected chi connectivity index (χ1v) is 9.11. The molecule has 1 aromatic rings. The summed E-state index contributed by atoms with van der Waals surface area (Å²) in [6, 6.07) is 5.37. The third-order valence-electron chi connectivity index (χ3n) is 5.20. The molecule has 0 aliphatic carbocycles. The quantitative estimate of drug-likeness (QED) is 0.813. The molecule has 0 amide bonds. The topological polar surface area (TPSA) is 6.48 Å². The summed E-state index contributed by atoms with van der Waals surface area (Å²) in [7, 11) is 0. The van der Waals surface area contributed by atoms with E-state index in [1.165, 1.54) is 54.1 Å². The lowest BCUT2D eigenvalue weighted by Crippen LogP contribution is -2.39. The number of likely N-dealkylation sites (tertiary alicyclic amines) is 1. The van der Waals surface area contributed by atoms with Crippen molar-refractivity contribution in [3.05, 3.63) is 20.8 Å². The average Bonchev–Trinajstić information content (AvgIpc) is 3.04. The van der Waals surface area contributed by atoms with Crippen molar-refractivity contribution in [3.8, 4) is 0 Å². The van der Waals surface area contributed by atoms with Crippen molar-refractivity contribution in [3.63, 3.8) is 0 Å². The van der Waals surface area contributed by atoms with Gasteiger partial charge in [-0.15, -0.1) is 11.3 Å². The summed E-state index contributed by atoms with van der Waals surface area (Å²) in [6.45, 7) is 6.57. The highest BCUT2D eigenvalue weighted by Crippen LogP contribution is 2.41. The second kappa shape index (κ2) is 5.14. The molecule has 4 heterocycles. The van der Waals surface area contributed by atoms with Crippen molar-refractivity contribution < 1.29 is 0 Å². The molecule has 0 radical (unpaired) electrons. The molecule has 0 N–H and O–H groups in total. The minimum atomic E-state index is 0.916. The van der Waals surface area contributed by atoms with Crippen LogP contribution in [-0.2, 0) is 6.54 Å². The molecule has 0 aromatic carbocycles. The van der Waals surface area contributed by atoms with Gasteiger partial charge in [-0.25, -0.2) is 0 Å². The summed E-state index contributed by atoms with van der Waals surface area (Å²) in [6.07, 6.45) is 4.35. The lowest BCUT2D eigenvalue weighted by atomic mass is 9.90. The van der Waals surface area contributed by atoms with Gasteiger partial charge in [-0.2, -0.15) is 0 Å². The Morgan fingerprint density at radius 3 is 3.00 bits per heavy atom. The van der Waals surface area contributed by atoms with Crippen LogP contribution in [0.15, 0.2) is 15.9 Å². The van der Waals surface area contributed by atoms with E-state index in [1.54, 1.807) is 0 Å². The van der Waals surface area contributed by atoms with Gasteiger partial charge in [-0.05, 0) is 59.3 Å². The van der Waals surface area contributed by atoms with Gasteiger partial charge in [-0.3, -0.25) is 9.80 Å². The third-order valence-corrected chi connectivity index (χ3v) is 6.81. The van der Waals surface area contributed by atoms with E-state index in [2.05, 4.69) is 37.9 Å². The summed E-state index contributed by atoms with van der Waals surface area (Å²) in [5, 5.41) is 0. The summed E-state index contributed by atoms with van der Waals surface area (Å²) in [5.74, 6) is 1.91. The lowest BCUT2D eigenvalue weighted by molar-refractivity contribution is 0.152. The van der Waals surface area contributed by atoms with Crippen LogP contribution in [0.1, 0.15) is 24.1 Å². The molecule has 1 aromatic heterocycles. The van der Waals surface area contributed by atoms with E-state index < -0.39 is 0 Å². The number of halogens is 1. The summed E-state index contributed by atoms with van der Waals surface area (Å²) in [4.78, 5) is 6.99. The first-order valence-electron chi connectivity index (χ1n) is 7.50. The fraction of sp³-hybridized carbons (Fsp3) is 0.733. The van der Waals surface area contributed by atoms with E-state index in [9.17, 15) is 0 Å². The number of thiophene rings is 1. The maximum absolute atomic E-state index is 3.57. The minimum Gasteiger partial charge on any atom is -0.300 e. The highest BCUT2D eigenvalue weighted by molar-refractivity contribution is 9.11. The molecule has 0 unspecified atom stereocenters. The fourth-order valence-electron chi connectivity index (χ4n) is 4.43. The maximum Gasteiger partial charge on any atom is 0.0701 e. The van der Waals surface area contributed by atoms with Gasteiger partial charge in [-0.1, -0.05) is 6.42 Å². The smallest absolute Gasteiger partial charge is 0.0701 e. The Labute approximate surface area is 127 Å². The van der Waals surface area contributed by atoms with Crippen LogP contribution in [0.3, 0.4) is 0 Å². The predicted octanol–water partition coefficient (Wildman–Crippen LogP) is 3.43. The zero-order valence-electron chi connectivity index (χ0n) is 11.2. The van der Waals surface area contributed by atoms with Gasteiger partial charge < -0.3 is 0 Å². The standard InChI is InChI=1S/C15H21BrN2S/c16-15-5-4-12(19-15)9-17-7-11-8-18-6-2-1-3-14(18)13(11)10-17/h4-5,11,13-14H,1-3,6-10H2/t11-,13-,14-/m1/s1. The second-order valence-electron chi connectivity index (χ2n) is 6.38. The van der Waals surface area contributed by atoms with Gasteiger partial charge >= 0.3 is 0 Å². The van der Waals surface area contributed by atoms with Crippen LogP contribution in [0, 0.1) is 11.8 Å². The van der Waals surface area contributed by atoms with Crippen molar-refractivity contribution in [1.82, 2.24) is 9.80 Å². The Morgan fingerprint density at radius 2 is 2.16 bits per heavy atom. The molecule has 19 heavy (non-hydrogen) atoms. The molecular formula is C15H21BrN2S. The molecule has 0 bridgehead atoms. The van der Waals surface area contributed by atoms with E-state index in [4.69, 9.17) is 0 Å². The molecule has 4 heteroatoms. The predicted molar refractivity (Wildman–Crippen MR) is 83.5 cm³/mol. The number of hydrogen-bond acceptors (Lipinski definition) is 3. The number of rotatable bonds is 2. The summed E-state index contributed by atoms with van der Waals surface area (Å²) < 4.78 is 1.26. The molecule has 3 fully saturated rings. The molecule has 3 saturated heterocycles. The molecule has 4 rings (SSSR count). The molecule has 0 spiro atoms. The largest absolute Gasteiger partial charge is 0.300 e. The monoisotopic (exact) mass is 340 g/mol. The minimum absolute atomic E-state index is 0.916. The summed E-state index contributed by atoms with van der Waals surface area (Å²) in [5.41, 5.74) is 0. The normalized spacial score (nSPS) is 35.5. The van der Waals surface area contributed by atoms with Crippen LogP contribution in [-0.4, -0.2) is 42.0 Å². The van der Waals surface area contributed by atoms with E-state index in [0.717, 1.165) is 24.4 Å². The molecule has 2 nitrogen and oxygen atoms in total. The van der Waals surface area contributed by atoms with Crippen LogP contribution in [0.5, 0.6) is 0 Å². The van der Waals surface area contributed by atoms with E-state index in [1.807, 2.05) is 11.3 Å². The Kier molecular flexibility index (Phi) is 3.46. The van der Waals surface area contributed by atoms with Crippen LogP contribution in [0.2, 0.25) is 0 Å². The van der Waals surface area contributed by atoms with Crippen molar-refractivity contribution >= 4 is 27.3 Å². The number of fused-ring (bicyclic) bond motifs is 3. The molecule has 3 atom stereocenters. The molecule has 3 aliphatic heterocycles. The van der Waals surface area contributed by atoms with Gasteiger partial charge in [0.1, 0.15) is 0 Å². The zero-order valence-corrected chi connectivity index (χ0v) is 13.6. The van der Waals surface area contributed by atoms with E-state index in [0.29, 0.717) is 0 Å².